The standard InChI is InChI=1S/C13H24N4O2/c1-2-10-3-4-16(11(7-10)8-14)5-6-17-12(18)9-15-13(17)19/h10-11H,2-9,14H2,1H3,(H,15,19). The maximum Gasteiger partial charge on any atom is 0.324 e. The number of piperidine rings is 1. The van der Waals surface area contributed by atoms with Crippen LogP contribution in [0.3, 0.4) is 0 Å². The van der Waals surface area contributed by atoms with E-state index in [2.05, 4.69) is 17.1 Å². The fourth-order valence-electron chi connectivity index (χ4n) is 3.00. The first-order valence-corrected chi connectivity index (χ1v) is 7.18. The van der Waals surface area contributed by atoms with Crippen molar-refractivity contribution < 1.29 is 9.59 Å². The van der Waals surface area contributed by atoms with E-state index < -0.39 is 0 Å². The highest BCUT2D eigenvalue weighted by atomic mass is 16.2. The molecule has 0 aromatic carbocycles. The lowest BCUT2D eigenvalue weighted by Crippen LogP contribution is -2.49. The zero-order valence-electron chi connectivity index (χ0n) is 11.6. The Morgan fingerprint density at radius 2 is 2.16 bits per heavy atom. The first-order chi connectivity index (χ1) is 9.15. The van der Waals surface area contributed by atoms with E-state index in [1.807, 2.05) is 0 Å². The van der Waals surface area contributed by atoms with Gasteiger partial charge in [0, 0.05) is 25.7 Å². The minimum atomic E-state index is -0.266. The first kappa shape index (κ1) is 14.3. The van der Waals surface area contributed by atoms with Crippen molar-refractivity contribution in [1.82, 2.24) is 15.1 Å². The molecule has 0 bridgehead atoms. The Kier molecular flexibility index (Phi) is 4.76. The summed E-state index contributed by atoms with van der Waals surface area (Å²) in [6, 6.07) is 0.122. The van der Waals surface area contributed by atoms with E-state index in [9.17, 15) is 9.59 Å². The second-order valence-electron chi connectivity index (χ2n) is 5.43. The molecule has 2 saturated heterocycles. The third-order valence-electron chi connectivity index (χ3n) is 4.34. The number of carbonyl (C=O) groups is 2. The number of nitrogens with two attached hydrogens (primary N) is 1. The number of rotatable bonds is 5. The van der Waals surface area contributed by atoms with Crippen LogP contribution < -0.4 is 11.1 Å². The lowest BCUT2D eigenvalue weighted by molar-refractivity contribution is -0.125. The van der Waals surface area contributed by atoms with Crippen LogP contribution in [-0.2, 0) is 4.79 Å². The van der Waals surface area contributed by atoms with Crippen molar-refractivity contribution in [3.63, 3.8) is 0 Å². The second-order valence-corrected chi connectivity index (χ2v) is 5.43. The van der Waals surface area contributed by atoms with Gasteiger partial charge in [0.05, 0.1) is 6.54 Å². The van der Waals surface area contributed by atoms with Gasteiger partial charge in [-0.15, -0.1) is 0 Å². The molecule has 2 heterocycles. The number of imide groups is 1. The number of hydrogen-bond donors (Lipinski definition) is 2. The molecule has 6 heteroatoms. The molecule has 6 nitrogen and oxygen atoms in total. The van der Waals surface area contributed by atoms with Crippen molar-refractivity contribution in [1.29, 1.82) is 0 Å². The summed E-state index contributed by atoms with van der Waals surface area (Å²) in [6.45, 7) is 5.23. The summed E-state index contributed by atoms with van der Waals surface area (Å²) in [4.78, 5) is 26.6. The first-order valence-electron chi connectivity index (χ1n) is 7.18. The van der Waals surface area contributed by atoms with Gasteiger partial charge in [-0.2, -0.15) is 0 Å². The van der Waals surface area contributed by atoms with Crippen molar-refractivity contribution in [3.8, 4) is 0 Å². The van der Waals surface area contributed by atoms with E-state index in [0.717, 1.165) is 25.4 Å². The number of nitrogens with zero attached hydrogens (tertiary/aromatic N) is 2. The van der Waals surface area contributed by atoms with Gasteiger partial charge in [0.25, 0.3) is 0 Å². The highest BCUT2D eigenvalue weighted by Gasteiger charge is 2.31. The maximum atomic E-state index is 11.5. The number of nitrogens with one attached hydrogen (secondary N) is 1. The Labute approximate surface area is 114 Å². The largest absolute Gasteiger partial charge is 0.329 e. The van der Waals surface area contributed by atoms with Gasteiger partial charge in [0.2, 0.25) is 5.91 Å². The maximum absolute atomic E-state index is 11.5. The van der Waals surface area contributed by atoms with Crippen LogP contribution in [0.25, 0.3) is 0 Å². The molecule has 2 atom stereocenters. The highest BCUT2D eigenvalue weighted by molar-refractivity contribution is 6.01. The molecule has 0 radical (unpaired) electrons. The number of urea groups is 1. The molecule has 0 spiro atoms. The second kappa shape index (κ2) is 6.34. The van der Waals surface area contributed by atoms with Crippen molar-refractivity contribution in [3.05, 3.63) is 0 Å². The molecule has 0 aliphatic carbocycles. The van der Waals surface area contributed by atoms with E-state index in [-0.39, 0.29) is 18.5 Å². The van der Waals surface area contributed by atoms with Crippen LogP contribution in [0.1, 0.15) is 26.2 Å². The Morgan fingerprint density at radius 3 is 2.74 bits per heavy atom. The normalized spacial score (nSPS) is 28.8. The fraction of sp³-hybridized carbons (Fsp3) is 0.846. The molecule has 2 rings (SSSR count). The summed E-state index contributed by atoms with van der Waals surface area (Å²) in [7, 11) is 0. The smallest absolute Gasteiger partial charge is 0.324 e. The molecular weight excluding hydrogens is 244 g/mol. The molecule has 2 aliphatic rings. The van der Waals surface area contributed by atoms with E-state index in [0.29, 0.717) is 19.1 Å². The zero-order chi connectivity index (χ0) is 13.8. The van der Waals surface area contributed by atoms with E-state index in [1.54, 1.807) is 0 Å². The van der Waals surface area contributed by atoms with Crippen LogP contribution in [-0.4, -0.2) is 60.5 Å². The van der Waals surface area contributed by atoms with Crippen LogP contribution in [0.2, 0.25) is 0 Å². The summed E-state index contributed by atoms with van der Waals surface area (Å²) in [5.41, 5.74) is 5.85. The number of amides is 3. The van der Waals surface area contributed by atoms with Gasteiger partial charge in [0.1, 0.15) is 0 Å². The predicted molar refractivity (Wildman–Crippen MR) is 72.5 cm³/mol. The van der Waals surface area contributed by atoms with Crippen molar-refractivity contribution in [2.75, 3.05) is 32.7 Å². The summed E-state index contributed by atoms with van der Waals surface area (Å²) in [6.07, 6.45) is 3.53. The Morgan fingerprint density at radius 1 is 1.37 bits per heavy atom. The molecule has 2 fully saturated rings. The number of hydrogen-bond acceptors (Lipinski definition) is 4. The quantitative estimate of drug-likeness (QED) is 0.687. The van der Waals surface area contributed by atoms with Gasteiger partial charge >= 0.3 is 6.03 Å². The zero-order valence-corrected chi connectivity index (χ0v) is 11.6. The molecule has 3 amide bonds. The fourth-order valence-corrected chi connectivity index (χ4v) is 3.00. The van der Waals surface area contributed by atoms with Crippen LogP contribution in [0.4, 0.5) is 4.79 Å². The predicted octanol–water partition coefficient (Wildman–Crippen LogP) is -0.0125. The molecule has 19 heavy (non-hydrogen) atoms. The monoisotopic (exact) mass is 268 g/mol. The van der Waals surface area contributed by atoms with Crippen molar-refractivity contribution in [2.24, 2.45) is 11.7 Å². The van der Waals surface area contributed by atoms with Gasteiger partial charge in [-0.25, -0.2) is 4.79 Å². The molecule has 108 valence electrons. The summed E-state index contributed by atoms with van der Waals surface area (Å²) in [5, 5.41) is 2.54. The Balaban J connectivity index is 1.85. The molecule has 2 aliphatic heterocycles. The van der Waals surface area contributed by atoms with E-state index in [4.69, 9.17) is 5.73 Å². The highest BCUT2D eigenvalue weighted by Crippen LogP contribution is 2.24. The SMILES string of the molecule is CCC1CCN(CCN2C(=O)CNC2=O)C(CN)C1. The van der Waals surface area contributed by atoms with Crippen LogP contribution >= 0.6 is 0 Å². The Bertz CT molecular complexity index is 332. The lowest BCUT2D eigenvalue weighted by atomic mass is 9.89. The molecule has 0 aromatic rings. The minimum Gasteiger partial charge on any atom is -0.329 e. The van der Waals surface area contributed by atoms with Gasteiger partial charge in [-0.1, -0.05) is 13.3 Å². The third-order valence-corrected chi connectivity index (χ3v) is 4.34. The molecule has 0 aromatic heterocycles. The van der Waals surface area contributed by atoms with Crippen molar-refractivity contribution >= 4 is 11.9 Å². The Hall–Kier alpha value is -1.14. The summed E-state index contributed by atoms with van der Waals surface area (Å²) in [5.74, 6) is 0.638. The molecule has 3 N–H and O–H groups in total. The van der Waals surface area contributed by atoms with Gasteiger partial charge in [-0.05, 0) is 25.3 Å². The average molecular weight is 268 g/mol. The topological polar surface area (TPSA) is 78.7 Å². The molecule has 0 saturated carbocycles. The summed E-state index contributed by atoms with van der Waals surface area (Å²) < 4.78 is 0. The van der Waals surface area contributed by atoms with Gasteiger partial charge in [0.15, 0.2) is 0 Å². The minimum absolute atomic E-state index is 0.127. The summed E-state index contributed by atoms with van der Waals surface area (Å²) >= 11 is 0. The third kappa shape index (κ3) is 3.25. The molecular formula is C13H24N4O2. The van der Waals surface area contributed by atoms with Crippen LogP contribution in [0.15, 0.2) is 0 Å². The van der Waals surface area contributed by atoms with Gasteiger partial charge < -0.3 is 11.1 Å². The van der Waals surface area contributed by atoms with Gasteiger partial charge in [-0.3, -0.25) is 14.6 Å². The number of likely N-dealkylation sites (tertiary alicyclic amines) is 1. The average Bonchev–Trinajstić information content (AvgIpc) is 2.75. The van der Waals surface area contributed by atoms with Crippen LogP contribution in [0.5, 0.6) is 0 Å². The lowest BCUT2D eigenvalue weighted by Gasteiger charge is -2.39. The van der Waals surface area contributed by atoms with Crippen molar-refractivity contribution in [2.45, 2.75) is 32.2 Å². The van der Waals surface area contributed by atoms with Crippen LogP contribution in [0, 0.1) is 5.92 Å². The number of carbonyl (C=O) groups excluding carboxylic acids is 2. The molecule has 2 unspecified atom stereocenters. The van der Waals surface area contributed by atoms with E-state index in [1.165, 1.54) is 17.7 Å². The van der Waals surface area contributed by atoms with E-state index >= 15 is 0 Å².